The third-order valence-electron chi connectivity index (χ3n) is 3.67. The Morgan fingerprint density at radius 1 is 1.21 bits per heavy atom. The zero-order valence-corrected chi connectivity index (χ0v) is 11.9. The Kier molecular flexibility index (Phi) is 5.79. The molecule has 0 aromatic rings. The van der Waals surface area contributed by atoms with E-state index in [1.165, 1.54) is 0 Å². The van der Waals surface area contributed by atoms with Gasteiger partial charge in [-0.3, -0.25) is 9.59 Å². The van der Waals surface area contributed by atoms with Crippen LogP contribution in [0, 0.1) is 5.41 Å². The molecule has 1 unspecified atom stereocenters. The number of carbonyl (C=O) groups is 2. The number of likely N-dealkylation sites (tertiary alicyclic amines) is 1. The van der Waals surface area contributed by atoms with E-state index in [2.05, 4.69) is 0 Å². The second-order valence-electron chi connectivity index (χ2n) is 6.18. The highest BCUT2D eigenvalue weighted by molar-refractivity contribution is 5.78. The number of aliphatic hydroxyl groups is 1. The van der Waals surface area contributed by atoms with Crippen molar-refractivity contribution < 1.29 is 19.8 Å². The van der Waals surface area contributed by atoms with Crippen molar-refractivity contribution in [1.82, 2.24) is 4.90 Å². The topological polar surface area (TPSA) is 77.8 Å². The van der Waals surface area contributed by atoms with E-state index in [9.17, 15) is 14.7 Å². The van der Waals surface area contributed by atoms with Crippen LogP contribution in [0.2, 0.25) is 0 Å². The normalized spacial score (nSPS) is 21.0. The lowest BCUT2D eigenvalue weighted by Crippen LogP contribution is -2.43. The second-order valence-corrected chi connectivity index (χ2v) is 6.18. The number of hydrogen-bond donors (Lipinski definition) is 2. The molecule has 0 aliphatic carbocycles. The zero-order chi connectivity index (χ0) is 14.5. The molecule has 1 saturated heterocycles. The summed E-state index contributed by atoms with van der Waals surface area (Å²) in [7, 11) is 0. The molecule has 19 heavy (non-hydrogen) atoms. The highest BCUT2D eigenvalue weighted by atomic mass is 16.4. The summed E-state index contributed by atoms with van der Waals surface area (Å²) in [5.74, 6) is -0.917. The van der Waals surface area contributed by atoms with Crippen LogP contribution in [0.5, 0.6) is 0 Å². The molecule has 0 saturated carbocycles. The first-order valence-corrected chi connectivity index (χ1v) is 6.98. The van der Waals surface area contributed by atoms with Gasteiger partial charge in [-0.15, -0.1) is 0 Å². The Bertz CT molecular complexity index is 327. The number of amides is 1. The molecule has 5 heteroatoms. The minimum Gasteiger partial charge on any atom is -0.481 e. The van der Waals surface area contributed by atoms with Crippen molar-refractivity contribution in [2.45, 2.75) is 58.4 Å². The van der Waals surface area contributed by atoms with Gasteiger partial charge < -0.3 is 15.1 Å². The van der Waals surface area contributed by atoms with Crippen LogP contribution in [0.25, 0.3) is 0 Å². The van der Waals surface area contributed by atoms with Gasteiger partial charge in [-0.1, -0.05) is 26.7 Å². The number of carbonyl (C=O) groups excluding carboxylic acids is 1. The van der Waals surface area contributed by atoms with E-state index >= 15 is 0 Å². The van der Waals surface area contributed by atoms with Gasteiger partial charge in [0.1, 0.15) is 0 Å². The van der Waals surface area contributed by atoms with E-state index in [1.54, 1.807) is 18.7 Å². The molecule has 0 spiro atoms. The molecule has 0 aromatic heterocycles. The number of aliphatic hydroxyl groups excluding tert-OH is 1. The van der Waals surface area contributed by atoms with Crippen LogP contribution in [-0.4, -0.2) is 46.2 Å². The van der Waals surface area contributed by atoms with Gasteiger partial charge in [0.25, 0.3) is 0 Å². The smallest absolute Gasteiger partial charge is 0.303 e. The van der Waals surface area contributed by atoms with Gasteiger partial charge in [-0.25, -0.2) is 0 Å². The van der Waals surface area contributed by atoms with E-state index in [0.717, 1.165) is 25.7 Å². The molecule has 1 heterocycles. The van der Waals surface area contributed by atoms with Crippen LogP contribution in [0.3, 0.4) is 0 Å². The molecule has 1 amide bonds. The predicted molar refractivity (Wildman–Crippen MR) is 71.7 cm³/mol. The van der Waals surface area contributed by atoms with Gasteiger partial charge in [-0.05, 0) is 18.3 Å². The van der Waals surface area contributed by atoms with Crippen LogP contribution in [0.4, 0.5) is 0 Å². The lowest BCUT2D eigenvalue weighted by molar-refractivity contribution is -0.141. The number of nitrogens with zero attached hydrogens (tertiary/aromatic N) is 1. The van der Waals surface area contributed by atoms with Gasteiger partial charge in [0.15, 0.2) is 0 Å². The van der Waals surface area contributed by atoms with Crippen LogP contribution in [0.15, 0.2) is 0 Å². The maximum absolute atomic E-state index is 12.3. The number of aliphatic carboxylic acids is 1. The number of carboxylic acid groups (broad SMARTS) is 1. The summed E-state index contributed by atoms with van der Waals surface area (Å²) in [5, 5.41) is 18.2. The number of rotatable bonds is 5. The molecule has 2 N–H and O–H groups in total. The molecule has 1 aliphatic heterocycles. The minimum absolute atomic E-state index is 0.00883. The van der Waals surface area contributed by atoms with Crippen molar-refractivity contribution in [3.05, 3.63) is 0 Å². The molecule has 1 aliphatic rings. The molecule has 5 nitrogen and oxygen atoms in total. The van der Waals surface area contributed by atoms with E-state index in [-0.39, 0.29) is 31.4 Å². The van der Waals surface area contributed by atoms with Gasteiger partial charge in [0.05, 0.1) is 19.1 Å². The first-order chi connectivity index (χ1) is 8.85. The average molecular weight is 271 g/mol. The van der Waals surface area contributed by atoms with Gasteiger partial charge >= 0.3 is 5.97 Å². The van der Waals surface area contributed by atoms with Gasteiger partial charge in [-0.2, -0.15) is 0 Å². The average Bonchev–Trinajstić information content (AvgIpc) is 2.50. The largest absolute Gasteiger partial charge is 0.481 e. The summed E-state index contributed by atoms with van der Waals surface area (Å²) < 4.78 is 0. The standard InChI is InChI=1S/C14H25NO4/c1-14(2,9-13(18)19)8-12(17)15-7-5-3-4-6-11(15)10-16/h11,16H,3-10H2,1-2H3,(H,18,19). The number of carboxylic acids is 1. The van der Waals surface area contributed by atoms with Crippen LogP contribution >= 0.6 is 0 Å². The monoisotopic (exact) mass is 271 g/mol. The third kappa shape index (κ3) is 5.19. The van der Waals surface area contributed by atoms with Crippen molar-refractivity contribution in [2.75, 3.05) is 13.2 Å². The van der Waals surface area contributed by atoms with Gasteiger partial charge in [0.2, 0.25) is 5.91 Å². The first kappa shape index (κ1) is 16.0. The maximum atomic E-state index is 12.3. The summed E-state index contributed by atoms with van der Waals surface area (Å²) >= 11 is 0. The zero-order valence-electron chi connectivity index (χ0n) is 11.9. The van der Waals surface area contributed by atoms with Crippen LogP contribution in [-0.2, 0) is 9.59 Å². The molecule has 0 bridgehead atoms. The molecular weight excluding hydrogens is 246 g/mol. The van der Waals surface area contributed by atoms with Crippen molar-refractivity contribution in [1.29, 1.82) is 0 Å². The maximum Gasteiger partial charge on any atom is 0.303 e. The Morgan fingerprint density at radius 3 is 2.47 bits per heavy atom. The van der Waals surface area contributed by atoms with Crippen molar-refractivity contribution >= 4 is 11.9 Å². The van der Waals surface area contributed by atoms with Crippen molar-refractivity contribution in [3.63, 3.8) is 0 Å². The molecule has 1 fully saturated rings. The Morgan fingerprint density at radius 2 is 1.89 bits per heavy atom. The number of hydrogen-bond acceptors (Lipinski definition) is 3. The van der Waals surface area contributed by atoms with E-state index in [1.807, 2.05) is 0 Å². The molecule has 1 rings (SSSR count). The second kappa shape index (κ2) is 6.89. The van der Waals surface area contributed by atoms with Crippen LogP contribution in [0.1, 0.15) is 52.4 Å². The Hall–Kier alpha value is -1.10. The van der Waals surface area contributed by atoms with Crippen LogP contribution < -0.4 is 0 Å². The summed E-state index contributed by atoms with van der Waals surface area (Å²) in [6.07, 6.45) is 4.11. The minimum atomic E-state index is -0.882. The summed E-state index contributed by atoms with van der Waals surface area (Å²) in [4.78, 5) is 24.9. The highest BCUT2D eigenvalue weighted by Gasteiger charge is 2.31. The molecule has 0 aromatic carbocycles. The van der Waals surface area contributed by atoms with Crippen molar-refractivity contribution in [2.24, 2.45) is 5.41 Å². The molecular formula is C14H25NO4. The van der Waals surface area contributed by atoms with E-state index < -0.39 is 11.4 Å². The SMILES string of the molecule is CC(C)(CC(=O)O)CC(=O)N1CCCCCC1CO. The van der Waals surface area contributed by atoms with Gasteiger partial charge in [0, 0.05) is 13.0 Å². The fourth-order valence-corrected chi connectivity index (χ4v) is 2.68. The molecule has 0 radical (unpaired) electrons. The molecule has 1 atom stereocenters. The summed E-state index contributed by atoms with van der Waals surface area (Å²) in [6, 6.07) is -0.101. The highest BCUT2D eigenvalue weighted by Crippen LogP contribution is 2.27. The van der Waals surface area contributed by atoms with E-state index in [0.29, 0.717) is 6.54 Å². The summed E-state index contributed by atoms with van der Waals surface area (Å²) in [6.45, 7) is 4.26. The lowest BCUT2D eigenvalue weighted by Gasteiger charge is -2.32. The lowest BCUT2D eigenvalue weighted by atomic mass is 9.85. The summed E-state index contributed by atoms with van der Waals surface area (Å²) in [5.41, 5.74) is -0.546. The quantitative estimate of drug-likeness (QED) is 0.797. The Labute approximate surface area is 114 Å². The van der Waals surface area contributed by atoms with Crippen molar-refractivity contribution in [3.8, 4) is 0 Å². The fraction of sp³-hybridized carbons (Fsp3) is 0.857. The molecule has 110 valence electrons. The predicted octanol–water partition coefficient (Wildman–Crippen LogP) is 1.64. The Balaban J connectivity index is 2.66. The fourth-order valence-electron chi connectivity index (χ4n) is 2.68. The van der Waals surface area contributed by atoms with E-state index in [4.69, 9.17) is 5.11 Å². The third-order valence-corrected chi connectivity index (χ3v) is 3.67. The first-order valence-electron chi connectivity index (χ1n) is 6.98.